The Hall–Kier alpha value is -4.43. The Morgan fingerprint density at radius 2 is 1.85 bits per heavy atom. The number of likely N-dealkylation sites (tertiary alicyclic amines) is 1. The predicted molar refractivity (Wildman–Crippen MR) is 152 cm³/mol. The number of nitrogen functional groups attached to an aromatic ring is 1. The van der Waals surface area contributed by atoms with Gasteiger partial charge >= 0.3 is 0 Å². The quantitative estimate of drug-likeness (QED) is 0.377. The summed E-state index contributed by atoms with van der Waals surface area (Å²) < 4.78 is 3.09. The molecule has 0 bridgehead atoms. The predicted octanol–water partition coefficient (Wildman–Crippen LogP) is 3.42. The number of pyridine rings is 2. The van der Waals surface area contributed by atoms with Crippen molar-refractivity contribution in [2.75, 3.05) is 18.8 Å². The SMILES string of the molecule is C=CC(=O)N1CC(c2cc3cc(C4CC4)ccc3c(=O)n2-c2cccc(-c3cc(N)c(=O)n(C)c3)c2CO)C1. The van der Waals surface area contributed by atoms with Gasteiger partial charge in [-0.3, -0.25) is 19.0 Å². The number of fused-ring (bicyclic) bond motifs is 1. The molecule has 2 aromatic carbocycles. The Bertz CT molecular complexity index is 1750. The van der Waals surface area contributed by atoms with E-state index in [4.69, 9.17) is 5.73 Å². The van der Waals surface area contributed by atoms with Crippen molar-refractivity contribution in [1.82, 2.24) is 14.0 Å². The molecule has 1 amide bonds. The fourth-order valence-corrected chi connectivity index (χ4v) is 5.66. The fraction of sp³-hybridized carbons (Fsp3) is 0.258. The van der Waals surface area contributed by atoms with Crippen molar-refractivity contribution in [3.8, 4) is 16.8 Å². The van der Waals surface area contributed by atoms with Crippen LogP contribution in [0.1, 0.15) is 41.5 Å². The van der Waals surface area contributed by atoms with Gasteiger partial charge in [0.15, 0.2) is 0 Å². The maximum Gasteiger partial charge on any atom is 0.273 e. The van der Waals surface area contributed by atoms with Gasteiger partial charge in [-0.05, 0) is 65.6 Å². The Morgan fingerprint density at radius 1 is 1.08 bits per heavy atom. The number of anilines is 1. The molecule has 8 nitrogen and oxygen atoms in total. The van der Waals surface area contributed by atoms with E-state index in [0.717, 1.165) is 11.1 Å². The molecule has 0 radical (unpaired) electrons. The number of carbonyl (C=O) groups is 1. The number of hydrogen-bond acceptors (Lipinski definition) is 5. The molecular weight excluding hydrogens is 492 g/mol. The number of amides is 1. The van der Waals surface area contributed by atoms with Crippen molar-refractivity contribution < 1.29 is 9.90 Å². The molecule has 3 N–H and O–H groups in total. The molecule has 8 heteroatoms. The summed E-state index contributed by atoms with van der Waals surface area (Å²) in [6, 6.07) is 15.2. The van der Waals surface area contributed by atoms with Crippen molar-refractivity contribution in [2.24, 2.45) is 7.05 Å². The number of nitrogens with two attached hydrogens (primary N) is 1. The lowest BCUT2D eigenvalue weighted by Crippen LogP contribution is -2.49. The van der Waals surface area contributed by atoms with E-state index in [9.17, 15) is 19.5 Å². The first-order valence-electron chi connectivity index (χ1n) is 13.1. The van der Waals surface area contributed by atoms with Gasteiger partial charge in [-0.1, -0.05) is 30.8 Å². The third-order valence-electron chi connectivity index (χ3n) is 7.98. The molecule has 1 aliphatic carbocycles. The molecule has 2 aromatic heterocycles. The van der Waals surface area contributed by atoms with Crippen LogP contribution in [-0.4, -0.2) is 38.1 Å². The average Bonchev–Trinajstić information content (AvgIpc) is 3.75. The van der Waals surface area contributed by atoms with Crippen LogP contribution in [0.4, 0.5) is 5.69 Å². The van der Waals surface area contributed by atoms with Gasteiger partial charge in [-0.2, -0.15) is 0 Å². The molecule has 2 fully saturated rings. The van der Waals surface area contributed by atoms with Gasteiger partial charge in [0.2, 0.25) is 5.91 Å². The fourth-order valence-electron chi connectivity index (χ4n) is 5.66. The second-order valence-electron chi connectivity index (χ2n) is 10.5. The third-order valence-corrected chi connectivity index (χ3v) is 7.98. The van der Waals surface area contributed by atoms with E-state index >= 15 is 0 Å². The molecule has 1 saturated carbocycles. The highest BCUT2D eigenvalue weighted by Crippen LogP contribution is 2.41. The van der Waals surface area contributed by atoms with E-state index in [1.807, 2.05) is 30.3 Å². The third kappa shape index (κ3) is 4.17. The van der Waals surface area contributed by atoms with Crippen LogP contribution >= 0.6 is 0 Å². The smallest absolute Gasteiger partial charge is 0.273 e. The second kappa shape index (κ2) is 9.39. The molecule has 39 heavy (non-hydrogen) atoms. The van der Waals surface area contributed by atoms with E-state index < -0.39 is 0 Å². The normalized spacial score (nSPS) is 15.4. The number of nitrogens with zero attached hydrogens (tertiary/aromatic N) is 3. The van der Waals surface area contributed by atoms with Crippen molar-refractivity contribution >= 4 is 22.4 Å². The zero-order valence-electron chi connectivity index (χ0n) is 21.8. The van der Waals surface area contributed by atoms with Crippen LogP contribution in [0.2, 0.25) is 0 Å². The Balaban J connectivity index is 1.57. The number of rotatable bonds is 6. The van der Waals surface area contributed by atoms with Crippen LogP contribution in [-0.2, 0) is 18.4 Å². The van der Waals surface area contributed by atoms with Crippen molar-refractivity contribution in [2.45, 2.75) is 31.3 Å². The molecular formula is C31H30N4O4. The lowest BCUT2D eigenvalue weighted by molar-refractivity contribution is -0.130. The maximum absolute atomic E-state index is 14.2. The maximum atomic E-state index is 14.2. The molecule has 3 heterocycles. The first kappa shape index (κ1) is 24.9. The van der Waals surface area contributed by atoms with Gasteiger partial charge in [0.1, 0.15) is 0 Å². The number of aromatic nitrogens is 2. The first-order valence-corrected chi connectivity index (χ1v) is 13.1. The van der Waals surface area contributed by atoms with Crippen LogP contribution in [0.25, 0.3) is 27.6 Å². The summed E-state index contributed by atoms with van der Waals surface area (Å²) in [5, 5.41) is 12.1. The van der Waals surface area contributed by atoms with E-state index in [1.165, 1.54) is 29.0 Å². The van der Waals surface area contributed by atoms with Crippen LogP contribution in [0.15, 0.2) is 77.0 Å². The number of aryl methyl sites for hydroxylation is 1. The van der Waals surface area contributed by atoms with E-state index in [-0.39, 0.29) is 35.2 Å². The van der Waals surface area contributed by atoms with Crippen molar-refractivity contribution in [3.05, 3.63) is 105 Å². The van der Waals surface area contributed by atoms with Crippen LogP contribution in [0.5, 0.6) is 0 Å². The number of aliphatic hydroxyl groups excluding tert-OH is 1. The van der Waals surface area contributed by atoms with Crippen LogP contribution in [0, 0.1) is 0 Å². The van der Waals surface area contributed by atoms with Gasteiger partial charge in [-0.25, -0.2) is 0 Å². The monoisotopic (exact) mass is 522 g/mol. The van der Waals surface area contributed by atoms with Gasteiger partial charge in [0, 0.05) is 54.5 Å². The topological polar surface area (TPSA) is 111 Å². The molecule has 2 aliphatic rings. The summed E-state index contributed by atoms with van der Waals surface area (Å²) in [6.45, 7) is 4.21. The van der Waals surface area contributed by atoms with E-state index in [0.29, 0.717) is 46.8 Å². The first-order chi connectivity index (χ1) is 18.8. The number of carbonyl (C=O) groups excluding carboxylic acids is 1. The molecule has 0 unspecified atom stereocenters. The van der Waals surface area contributed by atoms with E-state index in [1.54, 1.807) is 28.8 Å². The van der Waals surface area contributed by atoms with Gasteiger partial charge < -0.3 is 20.3 Å². The van der Waals surface area contributed by atoms with Gasteiger partial charge in [0.25, 0.3) is 11.1 Å². The molecule has 0 spiro atoms. The summed E-state index contributed by atoms with van der Waals surface area (Å²) in [6.07, 6.45) is 5.31. The van der Waals surface area contributed by atoms with Crippen molar-refractivity contribution in [1.29, 1.82) is 0 Å². The summed E-state index contributed by atoms with van der Waals surface area (Å²) in [4.78, 5) is 40.2. The highest BCUT2D eigenvalue weighted by molar-refractivity contribution is 5.88. The summed E-state index contributed by atoms with van der Waals surface area (Å²) in [5.41, 5.74) is 10.1. The molecule has 4 aromatic rings. The van der Waals surface area contributed by atoms with E-state index in [2.05, 4.69) is 18.7 Å². The highest BCUT2D eigenvalue weighted by atomic mass is 16.3. The number of benzene rings is 2. The van der Waals surface area contributed by atoms with Gasteiger partial charge in [0.05, 0.1) is 18.0 Å². The second-order valence-corrected chi connectivity index (χ2v) is 10.5. The molecule has 198 valence electrons. The Kier molecular flexibility index (Phi) is 5.99. The number of aliphatic hydroxyl groups is 1. The molecule has 6 rings (SSSR count). The summed E-state index contributed by atoms with van der Waals surface area (Å²) in [7, 11) is 1.62. The zero-order valence-corrected chi connectivity index (χ0v) is 21.8. The molecule has 1 aliphatic heterocycles. The van der Waals surface area contributed by atoms with Crippen molar-refractivity contribution in [3.63, 3.8) is 0 Å². The minimum atomic E-state index is -0.329. The Labute approximate surface area is 225 Å². The molecule has 0 atom stereocenters. The largest absolute Gasteiger partial charge is 0.394 e. The standard InChI is InChI=1S/C31H30N4O4/c1-3-29(37)34-15-22(16-34)28-13-20-11-19(18-7-8-18)9-10-24(20)30(38)35(28)27-6-4-5-23(25(27)17-36)21-12-26(32)31(39)33(2)14-21/h3-6,9-14,18,22,36H,1,7-8,15-17,32H2,2H3. The number of hydrogen-bond donors (Lipinski definition) is 2. The highest BCUT2D eigenvalue weighted by Gasteiger charge is 2.34. The minimum absolute atomic E-state index is 0.0565. The average molecular weight is 523 g/mol. The summed E-state index contributed by atoms with van der Waals surface area (Å²) >= 11 is 0. The Morgan fingerprint density at radius 3 is 2.51 bits per heavy atom. The van der Waals surface area contributed by atoms with Crippen LogP contribution < -0.4 is 16.9 Å². The summed E-state index contributed by atoms with van der Waals surface area (Å²) in [5.74, 6) is 0.359. The minimum Gasteiger partial charge on any atom is -0.394 e. The van der Waals surface area contributed by atoms with Crippen LogP contribution in [0.3, 0.4) is 0 Å². The lowest BCUT2D eigenvalue weighted by atomic mass is 9.92. The molecule has 1 saturated heterocycles. The lowest BCUT2D eigenvalue weighted by Gasteiger charge is -2.40. The zero-order chi connectivity index (χ0) is 27.4. The van der Waals surface area contributed by atoms with Gasteiger partial charge in [-0.15, -0.1) is 0 Å².